The van der Waals surface area contributed by atoms with E-state index in [4.69, 9.17) is 4.98 Å². The van der Waals surface area contributed by atoms with E-state index in [9.17, 15) is 5.26 Å². The molecule has 4 nitrogen and oxygen atoms in total. The van der Waals surface area contributed by atoms with Crippen molar-refractivity contribution < 1.29 is 0 Å². The number of nitrogens with zero attached hydrogens (tertiary/aromatic N) is 4. The first-order valence-electron chi connectivity index (χ1n) is 9.20. The van der Waals surface area contributed by atoms with Crippen LogP contribution in [0.1, 0.15) is 55.3 Å². The average molecular weight is 322 g/mol. The number of hydrogen-bond acceptors (Lipinski definition) is 4. The van der Waals surface area contributed by atoms with Crippen LogP contribution in [-0.2, 0) is 0 Å². The van der Waals surface area contributed by atoms with Crippen molar-refractivity contribution in [1.29, 1.82) is 5.26 Å². The summed E-state index contributed by atoms with van der Waals surface area (Å²) in [6.45, 7) is 11.5. The first-order valence-corrected chi connectivity index (χ1v) is 9.20. The Hall–Kier alpha value is -2.02. The summed E-state index contributed by atoms with van der Waals surface area (Å²) in [5.74, 6) is 2.23. The summed E-state index contributed by atoms with van der Waals surface area (Å²) >= 11 is 0. The number of aryl methyl sites for hydroxylation is 1. The van der Waals surface area contributed by atoms with E-state index < -0.39 is 0 Å². The van der Waals surface area contributed by atoms with Crippen molar-refractivity contribution in [2.75, 3.05) is 24.5 Å². The Balaban J connectivity index is 1.57. The van der Waals surface area contributed by atoms with Crippen molar-refractivity contribution >= 4 is 5.82 Å². The summed E-state index contributed by atoms with van der Waals surface area (Å²) in [5, 5.41) is 9.56. The molecule has 2 saturated carbocycles. The first kappa shape index (κ1) is 15.5. The van der Waals surface area contributed by atoms with E-state index in [1.807, 2.05) is 6.07 Å². The van der Waals surface area contributed by atoms with Gasteiger partial charge in [-0.3, -0.25) is 0 Å². The highest BCUT2D eigenvalue weighted by atomic mass is 15.3. The van der Waals surface area contributed by atoms with Crippen molar-refractivity contribution in [3.8, 4) is 6.07 Å². The smallest absolute Gasteiger partial charge is 0.146 e. The molecule has 1 saturated heterocycles. The van der Waals surface area contributed by atoms with Gasteiger partial charge >= 0.3 is 0 Å². The van der Waals surface area contributed by atoms with E-state index in [2.05, 4.69) is 36.3 Å². The number of pyridine rings is 1. The van der Waals surface area contributed by atoms with Gasteiger partial charge in [-0.25, -0.2) is 4.98 Å². The summed E-state index contributed by atoms with van der Waals surface area (Å²) in [4.78, 5) is 9.72. The molecule has 0 bridgehead atoms. The number of aromatic nitrogens is 1. The van der Waals surface area contributed by atoms with Gasteiger partial charge in [0.25, 0.3) is 0 Å². The molecule has 4 rings (SSSR count). The number of rotatable bonds is 4. The van der Waals surface area contributed by atoms with Crippen LogP contribution in [0.2, 0.25) is 0 Å². The standard InChI is InChI=1S/C20H26N4/c1-13-10-18(11-21)20(22-19(13)17-6-7-17)23-8-9-24(14(2)12-23)15(3)16-4-5-16/h10,14,16-17H,3-9,12H2,1-2H3/t14-/m1/s1. The number of hydrogen-bond donors (Lipinski definition) is 0. The number of anilines is 1. The number of nitriles is 1. The highest BCUT2D eigenvalue weighted by molar-refractivity contribution is 5.57. The summed E-state index contributed by atoms with van der Waals surface area (Å²) in [6.07, 6.45) is 5.08. The van der Waals surface area contributed by atoms with Gasteiger partial charge < -0.3 is 9.80 Å². The Morgan fingerprint density at radius 2 is 2.04 bits per heavy atom. The van der Waals surface area contributed by atoms with Crippen LogP contribution >= 0.6 is 0 Å². The van der Waals surface area contributed by atoms with Gasteiger partial charge in [-0.15, -0.1) is 0 Å². The predicted molar refractivity (Wildman–Crippen MR) is 95.9 cm³/mol. The zero-order valence-corrected chi connectivity index (χ0v) is 14.8. The minimum Gasteiger partial charge on any atom is -0.369 e. The second-order valence-corrected chi connectivity index (χ2v) is 7.70. The summed E-state index contributed by atoms with van der Waals surface area (Å²) in [5.41, 5.74) is 4.42. The third kappa shape index (κ3) is 2.77. The molecule has 3 aliphatic rings. The van der Waals surface area contributed by atoms with Crippen LogP contribution in [0.5, 0.6) is 0 Å². The van der Waals surface area contributed by atoms with Gasteiger partial charge in [-0.05, 0) is 57.1 Å². The Kier molecular flexibility index (Phi) is 3.75. The van der Waals surface area contributed by atoms with Crippen LogP contribution in [-0.4, -0.2) is 35.6 Å². The van der Waals surface area contributed by atoms with Gasteiger partial charge in [-0.2, -0.15) is 5.26 Å². The molecule has 2 heterocycles. The lowest BCUT2D eigenvalue weighted by molar-refractivity contribution is 0.232. The molecule has 1 atom stereocenters. The third-order valence-electron chi connectivity index (χ3n) is 5.66. The normalized spacial score (nSPS) is 24.0. The van der Waals surface area contributed by atoms with Crippen molar-refractivity contribution in [2.24, 2.45) is 5.92 Å². The van der Waals surface area contributed by atoms with Gasteiger partial charge in [0.2, 0.25) is 0 Å². The van der Waals surface area contributed by atoms with Crippen molar-refractivity contribution in [1.82, 2.24) is 9.88 Å². The molecule has 1 aliphatic heterocycles. The molecule has 0 N–H and O–H groups in total. The maximum atomic E-state index is 9.56. The molecule has 1 aromatic rings. The Labute approximate surface area is 144 Å². The maximum absolute atomic E-state index is 9.56. The minimum absolute atomic E-state index is 0.422. The number of allylic oxidation sites excluding steroid dienone is 1. The van der Waals surface area contributed by atoms with Crippen molar-refractivity contribution in [3.63, 3.8) is 0 Å². The monoisotopic (exact) mass is 322 g/mol. The van der Waals surface area contributed by atoms with Crippen LogP contribution in [0.25, 0.3) is 0 Å². The zero-order valence-electron chi connectivity index (χ0n) is 14.8. The van der Waals surface area contributed by atoms with Gasteiger partial charge in [0.15, 0.2) is 0 Å². The molecule has 0 spiro atoms. The molecule has 2 aliphatic carbocycles. The third-order valence-corrected chi connectivity index (χ3v) is 5.66. The van der Waals surface area contributed by atoms with Crippen LogP contribution in [0.4, 0.5) is 5.82 Å². The zero-order chi connectivity index (χ0) is 16.8. The molecule has 0 amide bonds. The van der Waals surface area contributed by atoms with E-state index in [1.165, 1.54) is 42.6 Å². The van der Waals surface area contributed by atoms with Crippen molar-refractivity contribution in [3.05, 3.63) is 35.2 Å². The molecule has 1 aromatic heterocycles. The maximum Gasteiger partial charge on any atom is 0.146 e. The van der Waals surface area contributed by atoms with Gasteiger partial charge in [0, 0.05) is 43.0 Å². The molecule has 24 heavy (non-hydrogen) atoms. The van der Waals surface area contributed by atoms with Gasteiger partial charge in [0.1, 0.15) is 11.9 Å². The SMILES string of the molecule is C=C(C1CC1)N1CCN(c2nc(C3CC3)c(C)cc2C#N)C[C@H]1C. The average Bonchev–Trinajstić information content (AvgIpc) is 3.46. The molecule has 0 aromatic carbocycles. The van der Waals surface area contributed by atoms with E-state index in [1.54, 1.807) is 0 Å². The molecule has 4 heteroatoms. The highest BCUT2D eigenvalue weighted by Gasteiger charge is 2.34. The van der Waals surface area contributed by atoms with E-state index >= 15 is 0 Å². The van der Waals surface area contributed by atoms with E-state index in [0.717, 1.165) is 31.0 Å². The minimum atomic E-state index is 0.422. The van der Waals surface area contributed by atoms with Crippen LogP contribution < -0.4 is 4.90 Å². The quantitative estimate of drug-likeness (QED) is 0.850. The summed E-state index contributed by atoms with van der Waals surface area (Å²) in [6, 6.07) is 4.82. The second-order valence-electron chi connectivity index (χ2n) is 7.70. The Bertz CT molecular complexity index is 709. The van der Waals surface area contributed by atoms with Gasteiger partial charge in [0.05, 0.1) is 5.56 Å². The van der Waals surface area contributed by atoms with E-state index in [-0.39, 0.29) is 0 Å². The molecule has 3 fully saturated rings. The van der Waals surface area contributed by atoms with Crippen molar-refractivity contribution in [2.45, 2.75) is 51.5 Å². The highest BCUT2D eigenvalue weighted by Crippen LogP contribution is 2.42. The topological polar surface area (TPSA) is 43.2 Å². The second kappa shape index (κ2) is 5.81. The molecule has 126 valence electrons. The predicted octanol–water partition coefficient (Wildman–Crippen LogP) is 3.57. The lowest BCUT2D eigenvalue weighted by atomic mass is 10.1. The van der Waals surface area contributed by atoms with Gasteiger partial charge in [-0.1, -0.05) is 6.58 Å². The fourth-order valence-corrected chi connectivity index (χ4v) is 3.94. The first-order chi connectivity index (χ1) is 11.6. The van der Waals surface area contributed by atoms with Crippen LogP contribution in [0.3, 0.4) is 0 Å². The Morgan fingerprint density at radius 1 is 1.29 bits per heavy atom. The largest absolute Gasteiger partial charge is 0.369 e. The van der Waals surface area contributed by atoms with Crippen LogP contribution in [0, 0.1) is 24.2 Å². The summed E-state index contributed by atoms with van der Waals surface area (Å²) < 4.78 is 0. The molecule has 0 radical (unpaired) electrons. The fourth-order valence-electron chi connectivity index (χ4n) is 3.94. The lowest BCUT2D eigenvalue weighted by Gasteiger charge is -2.43. The van der Waals surface area contributed by atoms with E-state index in [0.29, 0.717) is 17.9 Å². The molecular formula is C20H26N4. The molecular weight excluding hydrogens is 296 g/mol. The number of piperazine rings is 1. The fraction of sp³-hybridized carbons (Fsp3) is 0.600. The van der Waals surface area contributed by atoms with Crippen LogP contribution in [0.15, 0.2) is 18.3 Å². The molecule has 0 unspecified atom stereocenters. The lowest BCUT2D eigenvalue weighted by Crippen LogP contribution is -2.52. The Morgan fingerprint density at radius 3 is 2.62 bits per heavy atom. The summed E-state index contributed by atoms with van der Waals surface area (Å²) in [7, 11) is 0.